The van der Waals surface area contributed by atoms with E-state index in [1.165, 1.54) is 7.11 Å². The highest BCUT2D eigenvalue weighted by Gasteiger charge is 2.10. The predicted octanol–water partition coefficient (Wildman–Crippen LogP) is 1.94. The van der Waals surface area contributed by atoms with Crippen molar-refractivity contribution >= 4 is 23.6 Å². The average molecular weight is 210 g/mol. The van der Waals surface area contributed by atoms with Crippen molar-refractivity contribution in [2.24, 2.45) is 0 Å². The maximum Gasteiger partial charge on any atom is 0.339 e. The van der Waals surface area contributed by atoms with E-state index >= 15 is 0 Å². The Bertz CT molecular complexity index is 360. The summed E-state index contributed by atoms with van der Waals surface area (Å²) in [4.78, 5) is 10.8. The van der Waals surface area contributed by atoms with Gasteiger partial charge in [-0.1, -0.05) is 18.3 Å². The summed E-state index contributed by atoms with van der Waals surface area (Å²) in [6, 6.07) is 5.01. The molecular formula is C10H10O3S. The Kier molecular flexibility index (Phi) is 3.59. The van der Waals surface area contributed by atoms with Crippen LogP contribution in [0.5, 0.6) is 5.75 Å². The highest BCUT2D eigenvalue weighted by Crippen LogP contribution is 2.19. The molecule has 0 aliphatic rings. The van der Waals surface area contributed by atoms with Crippen molar-refractivity contribution in [1.82, 2.24) is 0 Å². The molecule has 14 heavy (non-hydrogen) atoms. The van der Waals surface area contributed by atoms with Gasteiger partial charge < -0.3 is 9.84 Å². The first-order valence-electron chi connectivity index (χ1n) is 4.03. The Morgan fingerprint density at radius 1 is 1.64 bits per heavy atom. The quantitative estimate of drug-likeness (QED) is 0.771. The molecule has 3 nitrogen and oxygen atoms in total. The summed E-state index contributed by atoms with van der Waals surface area (Å²) in [6.45, 7) is 0. The monoisotopic (exact) mass is 210 g/mol. The maximum absolute atomic E-state index is 10.8. The van der Waals surface area contributed by atoms with Gasteiger partial charge in [-0.05, 0) is 23.1 Å². The second kappa shape index (κ2) is 4.72. The number of hydrogen-bond donors (Lipinski definition) is 1. The van der Waals surface area contributed by atoms with E-state index in [9.17, 15) is 4.79 Å². The largest absolute Gasteiger partial charge is 0.496 e. The molecule has 0 amide bonds. The van der Waals surface area contributed by atoms with Crippen LogP contribution in [0.1, 0.15) is 15.9 Å². The van der Waals surface area contributed by atoms with Gasteiger partial charge in [0, 0.05) is 6.42 Å². The van der Waals surface area contributed by atoms with Gasteiger partial charge in [0.15, 0.2) is 0 Å². The zero-order valence-corrected chi connectivity index (χ0v) is 8.50. The van der Waals surface area contributed by atoms with Crippen molar-refractivity contribution in [3.05, 3.63) is 29.3 Å². The van der Waals surface area contributed by atoms with E-state index in [4.69, 9.17) is 22.1 Å². The Labute approximate surface area is 87.3 Å². The van der Waals surface area contributed by atoms with E-state index in [-0.39, 0.29) is 5.56 Å². The van der Waals surface area contributed by atoms with Crippen LogP contribution >= 0.6 is 12.2 Å². The fourth-order valence-electron chi connectivity index (χ4n) is 1.15. The first-order valence-corrected chi connectivity index (χ1v) is 4.50. The molecule has 0 saturated carbocycles. The van der Waals surface area contributed by atoms with Crippen LogP contribution in [0.15, 0.2) is 18.2 Å². The van der Waals surface area contributed by atoms with Crippen LogP contribution in [0.4, 0.5) is 0 Å². The number of carboxylic acids is 1. The maximum atomic E-state index is 10.8. The van der Waals surface area contributed by atoms with Crippen LogP contribution in [0, 0.1) is 0 Å². The summed E-state index contributed by atoms with van der Waals surface area (Å²) in [7, 11) is 1.45. The van der Waals surface area contributed by atoms with Gasteiger partial charge in [-0.25, -0.2) is 4.79 Å². The lowest BCUT2D eigenvalue weighted by Crippen LogP contribution is -2.01. The smallest absolute Gasteiger partial charge is 0.339 e. The molecule has 0 fully saturated rings. The van der Waals surface area contributed by atoms with Crippen molar-refractivity contribution in [3.8, 4) is 5.75 Å². The Balaban J connectivity index is 3.13. The lowest BCUT2D eigenvalue weighted by molar-refractivity contribution is 0.0693. The molecule has 1 aromatic carbocycles. The average Bonchev–Trinajstić information content (AvgIpc) is 2.18. The molecule has 1 rings (SSSR count). The molecule has 0 aromatic heterocycles. The molecule has 0 aliphatic carbocycles. The third kappa shape index (κ3) is 2.29. The number of aromatic carboxylic acids is 1. The highest BCUT2D eigenvalue weighted by atomic mass is 32.1. The molecule has 1 aromatic rings. The van der Waals surface area contributed by atoms with Crippen molar-refractivity contribution in [2.75, 3.05) is 7.11 Å². The molecule has 1 N–H and O–H groups in total. The molecule has 0 saturated heterocycles. The van der Waals surface area contributed by atoms with E-state index in [0.717, 1.165) is 5.56 Å². The van der Waals surface area contributed by atoms with Crippen LogP contribution in [0.2, 0.25) is 0 Å². The number of benzene rings is 1. The first kappa shape index (κ1) is 10.7. The summed E-state index contributed by atoms with van der Waals surface area (Å²) in [6.07, 6.45) is 0.583. The molecule has 0 radical (unpaired) electrons. The molecule has 74 valence electrons. The molecule has 0 spiro atoms. The predicted molar refractivity (Wildman–Crippen MR) is 57.3 cm³/mol. The standard InChI is InChI=1S/C10H10O3S/c1-13-9-3-2-7(4-5-14)6-8(9)10(11)12/h2-3,5-6H,4H2,1H3,(H,11,12). The van der Waals surface area contributed by atoms with Crippen LogP contribution in [-0.2, 0) is 6.42 Å². The Morgan fingerprint density at radius 2 is 2.36 bits per heavy atom. The first-order chi connectivity index (χ1) is 6.69. The number of thiocarbonyl (C=S) groups is 1. The van der Waals surface area contributed by atoms with Crippen molar-refractivity contribution in [2.45, 2.75) is 6.42 Å². The van der Waals surface area contributed by atoms with Gasteiger partial charge in [0.05, 0.1) is 7.11 Å². The lowest BCUT2D eigenvalue weighted by atomic mass is 10.1. The lowest BCUT2D eigenvalue weighted by Gasteiger charge is -2.05. The summed E-state index contributed by atoms with van der Waals surface area (Å²) in [5, 5.41) is 10.4. The van der Waals surface area contributed by atoms with Crippen LogP contribution < -0.4 is 4.74 Å². The molecule has 0 aliphatic heterocycles. The van der Waals surface area contributed by atoms with Gasteiger partial charge in [0.25, 0.3) is 0 Å². The van der Waals surface area contributed by atoms with Crippen molar-refractivity contribution < 1.29 is 14.6 Å². The van der Waals surface area contributed by atoms with Crippen LogP contribution in [0.3, 0.4) is 0 Å². The normalized spacial score (nSPS) is 9.50. The SMILES string of the molecule is COc1ccc(CC=S)cc1C(=O)O. The zero-order chi connectivity index (χ0) is 10.6. The van der Waals surface area contributed by atoms with Crippen molar-refractivity contribution in [1.29, 1.82) is 0 Å². The molecule has 4 heteroatoms. The molecular weight excluding hydrogens is 200 g/mol. The fourth-order valence-corrected chi connectivity index (χ4v) is 1.34. The number of carbonyl (C=O) groups is 1. The van der Waals surface area contributed by atoms with Gasteiger partial charge in [0.2, 0.25) is 0 Å². The molecule has 0 unspecified atom stereocenters. The van der Waals surface area contributed by atoms with E-state index in [0.29, 0.717) is 12.2 Å². The number of rotatable bonds is 4. The van der Waals surface area contributed by atoms with Gasteiger partial charge in [0.1, 0.15) is 11.3 Å². The summed E-state index contributed by atoms with van der Waals surface area (Å²) in [5.74, 6) is -0.626. The number of ether oxygens (including phenoxy) is 1. The minimum atomic E-state index is -0.993. The fraction of sp³-hybridized carbons (Fsp3) is 0.200. The van der Waals surface area contributed by atoms with E-state index in [2.05, 4.69) is 0 Å². The Morgan fingerprint density at radius 3 is 2.86 bits per heavy atom. The van der Waals surface area contributed by atoms with E-state index < -0.39 is 5.97 Å². The number of hydrogen-bond acceptors (Lipinski definition) is 3. The minimum Gasteiger partial charge on any atom is -0.496 e. The zero-order valence-electron chi connectivity index (χ0n) is 7.69. The van der Waals surface area contributed by atoms with Gasteiger partial charge in [-0.15, -0.1) is 0 Å². The molecule has 0 bridgehead atoms. The second-order valence-electron chi connectivity index (χ2n) is 2.71. The van der Waals surface area contributed by atoms with E-state index in [1.54, 1.807) is 23.6 Å². The minimum absolute atomic E-state index is 0.168. The third-order valence-electron chi connectivity index (χ3n) is 1.81. The highest BCUT2D eigenvalue weighted by molar-refractivity contribution is 7.78. The van der Waals surface area contributed by atoms with Crippen LogP contribution in [0.25, 0.3) is 0 Å². The summed E-state index contributed by atoms with van der Waals surface area (Å²) >= 11 is 4.70. The van der Waals surface area contributed by atoms with Gasteiger partial charge in [-0.2, -0.15) is 0 Å². The number of carboxylic acid groups (broad SMARTS) is 1. The molecule has 0 atom stereocenters. The second-order valence-corrected chi connectivity index (χ2v) is 3.04. The van der Waals surface area contributed by atoms with Gasteiger partial charge >= 0.3 is 5.97 Å². The van der Waals surface area contributed by atoms with Crippen LogP contribution in [-0.4, -0.2) is 23.6 Å². The van der Waals surface area contributed by atoms with E-state index in [1.807, 2.05) is 0 Å². The molecule has 0 heterocycles. The summed E-state index contributed by atoms with van der Waals surface area (Å²) < 4.78 is 4.92. The number of methoxy groups -OCH3 is 1. The Hall–Kier alpha value is -1.42. The third-order valence-corrected chi connectivity index (χ3v) is 1.98. The topological polar surface area (TPSA) is 46.5 Å². The summed E-state index contributed by atoms with van der Waals surface area (Å²) in [5.41, 5.74) is 1.04. The van der Waals surface area contributed by atoms with Crippen molar-refractivity contribution in [3.63, 3.8) is 0 Å². The van der Waals surface area contributed by atoms with Gasteiger partial charge in [-0.3, -0.25) is 0 Å².